The number of nitrogens with zero attached hydrogens (tertiary/aromatic N) is 1. The summed E-state index contributed by atoms with van der Waals surface area (Å²) in [5.41, 5.74) is 0.126. The molecule has 0 bridgehead atoms. The Morgan fingerprint density at radius 1 is 1.24 bits per heavy atom. The standard InChI is InChI=1S/C17H20N2OS/c1-17(2,3)19-9-8-16-18-11-13(20-16)15-10-12-6-4-5-7-14(12)21-15/h4-7,10-11,19H,8-9H2,1-3H3. The van der Waals surface area contributed by atoms with Crippen LogP contribution in [-0.4, -0.2) is 17.1 Å². The van der Waals surface area contributed by atoms with Gasteiger partial charge in [0.25, 0.3) is 0 Å². The van der Waals surface area contributed by atoms with Gasteiger partial charge in [-0.3, -0.25) is 0 Å². The van der Waals surface area contributed by atoms with Gasteiger partial charge in [-0.1, -0.05) is 18.2 Å². The molecule has 0 unspecified atom stereocenters. The molecule has 1 aromatic carbocycles. The third-order valence-corrected chi connectivity index (χ3v) is 4.35. The number of benzene rings is 1. The van der Waals surface area contributed by atoms with E-state index in [2.05, 4.69) is 61.4 Å². The maximum absolute atomic E-state index is 5.87. The summed E-state index contributed by atoms with van der Waals surface area (Å²) in [6, 6.07) is 10.5. The number of oxazole rings is 1. The lowest BCUT2D eigenvalue weighted by Crippen LogP contribution is -2.37. The first-order chi connectivity index (χ1) is 10.0. The summed E-state index contributed by atoms with van der Waals surface area (Å²) >= 11 is 1.74. The molecule has 110 valence electrons. The summed E-state index contributed by atoms with van der Waals surface area (Å²) in [6.07, 6.45) is 2.64. The van der Waals surface area contributed by atoms with Crippen molar-refractivity contribution in [3.05, 3.63) is 42.4 Å². The lowest BCUT2D eigenvalue weighted by molar-refractivity contribution is 0.412. The minimum Gasteiger partial charge on any atom is -0.440 e. The number of fused-ring (bicyclic) bond motifs is 1. The number of nitrogens with one attached hydrogen (secondary N) is 1. The fourth-order valence-electron chi connectivity index (χ4n) is 2.19. The van der Waals surface area contributed by atoms with E-state index in [1.54, 1.807) is 11.3 Å². The van der Waals surface area contributed by atoms with E-state index >= 15 is 0 Å². The van der Waals surface area contributed by atoms with Crippen LogP contribution < -0.4 is 5.32 Å². The van der Waals surface area contributed by atoms with Crippen LogP contribution in [0.5, 0.6) is 0 Å². The van der Waals surface area contributed by atoms with Crippen LogP contribution in [0, 0.1) is 0 Å². The quantitative estimate of drug-likeness (QED) is 0.771. The number of rotatable bonds is 4. The summed E-state index contributed by atoms with van der Waals surface area (Å²) < 4.78 is 7.15. The minimum absolute atomic E-state index is 0.126. The third kappa shape index (κ3) is 3.52. The van der Waals surface area contributed by atoms with Crippen LogP contribution in [0.4, 0.5) is 0 Å². The Bertz CT molecular complexity index is 703. The second kappa shape index (κ2) is 5.62. The van der Waals surface area contributed by atoms with Gasteiger partial charge in [-0.2, -0.15) is 0 Å². The fraction of sp³-hybridized carbons (Fsp3) is 0.353. The summed E-state index contributed by atoms with van der Waals surface area (Å²) in [5, 5.41) is 4.70. The van der Waals surface area contributed by atoms with Crippen LogP contribution in [0.3, 0.4) is 0 Å². The second-order valence-electron chi connectivity index (χ2n) is 6.19. The number of aromatic nitrogens is 1. The third-order valence-electron chi connectivity index (χ3n) is 3.22. The van der Waals surface area contributed by atoms with E-state index in [-0.39, 0.29) is 5.54 Å². The lowest BCUT2D eigenvalue weighted by Gasteiger charge is -2.19. The second-order valence-corrected chi connectivity index (χ2v) is 7.28. The molecule has 0 fully saturated rings. The van der Waals surface area contributed by atoms with E-state index in [0.717, 1.165) is 29.5 Å². The first-order valence-electron chi connectivity index (χ1n) is 7.20. The predicted molar refractivity (Wildman–Crippen MR) is 88.8 cm³/mol. The van der Waals surface area contributed by atoms with Crippen LogP contribution in [0.1, 0.15) is 26.7 Å². The number of thiophene rings is 1. The van der Waals surface area contributed by atoms with Gasteiger partial charge in [0.2, 0.25) is 0 Å². The molecule has 4 heteroatoms. The van der Waals surface area contributed by atoms with E-state index in [1.807, 2.05) is 6.20 Å². The molecular weight excluding hydrogens is 280 g/mol. The Morgan fingerprint density at radius 2 is 2.05 bits per heavy atom. The summed E-state index contributed by atoms with van der Waals surface area (Å²) in [7, 11) is 0. The van der Waals surface area contributed by atoms with Crippen LogP contribution in [0.25, 0.3) is 20.7 Å². The van der Waals surface area contributed by atoms with Crippen LogP contribution in [0.15, 0.2) is 40.9 Å². The SMILES string of the molecule is CC(C)(C)NCCc1ncc(-c2cc3ccccc3s2)o1. The van der Waals surface area contributed by atoms with Crippen LogP contribution >= 0.6 is 11.3 Å². The summed E-state index contributed by atoms with van der Waals surface area (Å²) in [5.74, 6) is 1.65. The predicted octanol–water partition coefficient (Wildman–Crippen LogP) is 4.49. The molecule has 0 atom stereocenters. The molecule has 0 saturated carbocycles. The molecule has 0 radical (unpaired) electrons. The van der Waals surface area contributed by atoms with Crippen molar-refractivity contribution in [3.8, 4) is 10.6 Å². The van der Waals surface area contributed by atoms with Gasteiger partial charge < -0.3 is 9.73 Å². The smallest absolute Gasteiger partial charge is 0.196 e. The topological polar surface area (TPSA) is 38.1 Å². The molecule has 3 rings (SSSR count). The Labute approximate surface area is 129 Å². The number of hydrogen-bond acceptors (Lipinski definition) is 4. The molecule has 1 N–H and O–H groups in total. The van der Waals surface area contributed by atoms with E-state index in [1.165, 1.54) is 10.1 Å². The molecule has 3 aromatic rings. The largest absolute Gasteiger partial charge is 0.440 e. The minimum atomic E-state index is 0.126. The van der Waals surface area contributed by atoms with Gasteiger partial charge in [0.15, 0.2) is 11.7 Å². The maximum Gasteiger partial charge on any atom is 0.196 e. The number of hydrogen-bond donors (Lipinski definition) is 1. The first-order valence-corrected chi connectivity index (χ1v) is 8.02. The van der Waals surface area contributed by atoms with Crippen molar-refractivity contribution >= 4 is 21.4 Å². The molecular formula is C17H20N2OS. The molecule has 2 aromatic heterocycles. The highest BCUT2D eigenvalue weighted by Gasteiger charge is 2.12. The van der Waals surface area contributed by atoms with Gasteiger partial charge in [-0.25, -0.2) is 4.98 Å². The molecule has 3 nitrogen and oxygen atoms in total. The first kappa shape index (κ1) is 14.3. The van der Waals surface area contributed by atoms with Crippen molar-refractivity contribution in [2.24, 2.45) is 0 Å². The Kier molecular flexibility index (Phi) is 3.83. The Morgan fingerprint density at radius 3 is 2.81 bits per heavy atom. The summed E-state index contributed by atoms with van der Waals surface area (Å²) in [6.45, 7) is 7.34. The molecule has 0 aliphatic heterocycles. The van der Waals surface area contributed by atoms with Gasteiger partial charge in [0.05, 0.1) is 11.1 Å². The molecule has 2 heterocycles. The lowest BCUT2D eigenvalue weighted by atomic mass is 10.1. The monoisotopic (exact) mass is 300 g/mol. The molecule has 21 heavy (non-hydrogen) atoms. The van der Waals surface area contributed by atoms with Crippen molar-refractivity contribution in [2.45, 2.75) is 32.7 Å². The van der Waals surface area contributed by atoms with E-state index < -0.39 is 0 Å². The van der Waals surface area contributed by atoms with Crippen molar-refractivity contribution in [2.75, 3.05) is 6.54 Å². The summed E-state index contributed by atoms with van der Waals surface area (Å²) in [4.78, 5) is 5.52. The van der Waals surface area contributed by atoms with Gasteiger partial charge in [-0.05, 0) is 38.3 Å². The molecule has 0 aliphatic carbocycles. The Balaban J connectivity index is 1.72. The molecule has 0 spiro atoms. The normalized spacial score (nSPS) is 12.1. The van der Waals surface area contributed by atoms with Gasteiger partial charge in [-0.15, -0.1) is 11.3 Å². The van der Waals surface area contributed by atoms with E-state index in [9.17, 15) is 0 Å². The van der Waals surface area contributed by atoms with Crippen molar-refractivity contribution in [1.82, 2.24) is 10.3 Å². The van der Waals surface area contributed by atoms with Gasteiger partial charge in [0.1, 0.15) is 0 Å². The van der Waals surface area contributed by atoms with Gasteiger partial charge >= 0.3 is 0 Å². The van der Waals surface area contributed by atoms with E-state index in [4.69, 9.17) is 4.42 Å². The van der Waals surface area contributed by atoms with Crippen molar-refractivity contribution < 1.29 is 4.42 Å². The molecule has 0 saturated heterocycles. The van der Waals surface area contributed by atoms with Crippen molar-refractivity contribution in [1.29, 1.82) is 0 Å². The van der Waals surface area contributed by atoms with E-state index in [0.29, 0.717) is 0 Å². The zero-order valence-corrected chi connectivity index (χ0v) is 13.5. The average Bonchev–Trinajstić information content (AvgIpc) is 3.02. The highest BCUT2D eigenvalue weighted by molar-refractivity contribution is 7.22. The average molecular weight is 300 g/mol. The highest BCUT2D eigenvalue weighted by atomic mass is 32.1. The van der Waals surface area contributed by atoms with Crippen LogP contribution in [-0.2, 0) is 6.42 Å². The molecule has 0 aliphatic rings. The molecule has 0 amide bonds. The maximum atomic E-state index is 5.87. The van der Waals surface area contributed by atoms with Gasteiger partial charge in [0, 0.05) is 23.2 Å². The zero-order valence-electron chi connectivity index (χ0n) is 12.6. The Hall–Kier alpha value is -1.65. The van der Waals surface area contributed by atoms with Crippen molar-refractivity contribution in [3.63, 3.8) is 0 Å². The van der Waals surface area contributed by atoms with Crippen LogP contribution in [0.2, 0.25) is 0 Å². The fourth-order valence-corrected chi connectivity index (χ4v) is 3.20. The zero-order chi connectivity index (χ0) is 14.9. The highest BCUT2D eigenvalue weighted by Crippen LogP contribution is 2.33.